The van der Waals surface area contributed by atoms with E-state index in [-0.39, 0.29) is 0 Å². The van der Waals surface area contributed by atoms with Crippen molar-refractivity contribution < 1.29 is 0 Å². The van der Waals surface area contributed by atoms with Crippen molar-refractivity contribution in [2.75, 3.05) is 19.6 Å². The van der Waals surface area contributed by atoms with E-state index in [4.69, 9.17) is 0 Å². The van der Waals surface area contributed by atoms with Crippen molar-refractivity contribution in [2.45, 2.75) is 38.8 Å². The number of hydrogen-bond donors (Lipinski definition) is 1. The van der Waals surface area contributed by atoms with Gasteiger partial charge in [-0.2, -0.15) is 0 Å². The molecule has 0 aromatic carbocycles. The SMILES string of the molecule is CC(C)N1CC2CCNC2(C)C1. The maximum atomic E-state index is 3.64. The minimum absolute atomic E-state index is 0.435. The van der Waals surface area contributed by atoms with Crippen LogP contribution in [0.25, 0.3) is 0 Å². The van der Waals surface area contributed by atoms with E-state index in [0.717, 1.165) is 5.92 Å². The molecule has 0 aromatic rings. The lowest BCUT2D eigenvalue weighted by Gasteiger charge is -2.25. The highest BCUT2D eigenvalue weighted by molar-refractivity contribution is 5.04. The Balaban J connectivity index is 2.06. The Hall–Kier alpha value is -0.0800. The first-order valence-electron chi connectivity index (χ1n) is 5.11. The molecule has 0 spiro atoms. The lowest BCUT2D eigenvalue weighted by atomic mass is 9.91. The molecule has 0 amide bonds. The standard InChI is InChI=1S/C10H20N2/c1-8(2)12-6-9-4-5-11-10(9,3)7-12/h8-9,11H,4-7H2,1-3H3. The number of rotatable bonds is 1. The lowest BCUT2D eigenvalue weighted by Crippen LogP contribution is -2.44. The van der Waals surface area contributed by atoms with Crippen molar-refractivity contribution in [3.63, 3.8) is 0 Å². The van der Waals surface area contributed by atoms with Gasteiger partial charge in [-0.25, -0.2) is 0 Å². The van der Waals surface area contributed by atoms with Gasteiger partial charge in [-0.05, 0) is 39.7 Å². The molecule has 2 aliphatic rings. The maximum Gasteiger partial charge on any atom is 0.0321 e. The van der Waals surface area contributed by atoms with Gasteiger partial charge in [-0.3, -0.25) is 4.90 Å². The Morgan fingerprint density at radius 1 is 1.50 bits per heavy atom. The predicted octanol–water partition coefficient (Wildman–Crippen LogP) is 1.08. The summed E-state index contributed by atoms with van der Waals surface area (Å²) in [7, 11) is 0. The van der Waals surface area contributed by atoms with Gasteiger partial charge < -0.3 is 5.32 Å². The average molecular weight is 168 g/mol. The van der Waals surface area contributed by atoms with Crippen molar-refractivity contribution in [3.8, 4) is 0 Å². The molecule has 2 unspecified atom stereocenters. The highest BCUT2D eigenvalue weighted by Crippen LogP contribution is 2.34. The number of nitrogens with one attached hydrogen (secondary N) is 1. The Kier molecular flexibility index (Phi) is 1.92. The molecule has 2 rings (SSSR count). The van der Waals surface area contributed by atoms with Crippen LogP contribution in [0.15, 0.2) is 0 Å². The van der Waals surface area contributed by atoms with Crippen LogP contribution in [0.2, 0.25) is 0 Å². The highest BCUT2D eigenvalue weighted by Gasteiger charge is 2.46. The summed E-state index contributed by atoms with van der Waals surface area (Å²) in [5.74, 6) is 0.903. The Morgan fingerprint density at radius 2 is 2.25 bits per heavy atom. The Morgan fingerprint density at radius 3 is 2.83 bits per heavy atom. The van der Waals surface area contributed by atoms with Crippen molar-refractivity contribution in [1.29, 1.82) is 0 Å². The van der Waals surface area contributed by atoms with Crippen LogP contribution in [0.4, 0.5) is 0 Å². The van der Waals surface area contributed by atoms with E-state index < -0.39 is 0 Å². The smallest absolute Gasteiger partial charge is 0.0321 e. The first-order valence-corrected chi connectivity index (χ1v) is 5.11. The van der Waals surface area contributed by atoms with E-state index in [9.17, 15) is 0 Å². The minimum Gasteiger partial charge on any atom is -0.310 e. The molecule has 0 saturated carbocycles. The zero-order chi connectivity index (χ0) is 8.77. The highest BCUT2D eigenvalue weighted by atomic mass is 15.2. The van der Waals surface area contributed by atoms with Crippen LogP contribution in [-0.4, -0.2) is 36.1 Å². The molecule has 2 fully saturated rings. The van der Waals surface area contributed by atoms with Crippen LogP contribution in [0.3, 0.4) is 0 Å². The van der Waals surface area contributed by atoms with Crippen molar-refractivity contribution in [2.24, 2.45) is 5.92 Å². The molecular formula is C10H20N2. The minimum atomic E-state index is 0.435. The van der Waals surface area contributed by atoms with Gasteiger partial charge in [0.2, 0.25) is 0 Å². The van der Waals surface area contributed by atoms with E-state index >= 15 is 0 Å². The fraction of sp³-hybridized carbons (Fsp3) is 1.00. The predicted molar refractivity (Wildman–Crippen MR) is 51.2 cm³/mol. The van der Waals surface area contributed by atoms with E-state index in [0.29, 0.717) is 11.6 Å². The van der Waals surface area contributed by atoms with Crippen LogP contribution in [-0.2, 0) is 0 Å². The van der Waals surface area contributed by atoms with Gasteiger partial charge in [0.15, 0.2) is 0 Å². The van der Waals surface area contributed by atoms with Crippen molar-refractivity contribution >= 4 is 0 Å². The molecule has 2 heteroatoms. The molecule has 0 aliphatic carbocycles. The molecule has 2 nitrogen and oxygen atoms in total. The summed E-state index contributed by atoms with van der Waals surface area (Å²) in [6.07, 6.45) is 1.37. The van der Waals surface area contributed by atoms with Gasteiger partial charge in [0.05, 0.1) is 0 Å². The van der Waals surface area contributed by atoms with Crippen molar-refractivity contribution in [1.82, 2.24) is 10.2 Å². The molecule has 12 heavy (non-hydrogen) atoms. The zero-order valence-electron chi connectivity index (χ0n) is 8.43. The molecule has 0 bridgehead atoms. The van der Waals surface area contributed by atoms with Crippen LogP contribution in [0, 0.1) is 5.92 Å². The topological polar surface area (TPSA) is 15.3 Å². The van der Waals surface area contributed by atoms with Gasteiger partial charge in [-0.15, -0.1) is 0 Å². The maximum absolute atomic E-state index is 3.64. The van der Waals surface area contributed by atoms with Gasteiger partial charge in [0, 0.05) is 24.7 Å². The van der Waals surface area contributed by atoms with Gasteiger partial charge in [0.1, 0.15) is 0 Å². The number of likely N-dealkylation sites (tertiary alicyclic amines) is 1. The summed E-state index contributed by atoms with van der Waals surface area (Å²) in [5.41, 5.74) is 0.435. The molecule has 1 N–H and O–H groups in total. The summed E-state index contributed by atoms with van der Waals surface area (Å²) in [5, 5.41) is 3.64. The summed E-state index contributed by atoms with van der Waals surface area (Å²) in [4.78, 5) is 2.59. The Bertz CT molecular complexity index is 179. The normalized spacial score (nSPS) is 42.5. The second kappa shape index (κ2) is 2.71. The van der Waals surface area contributed by atoms with Crippen LogP contribution in [0.1, 0.15) is 27.2 Å². The molecule has 0 radical (unpaired) electrons. The fourth-order valence-electron chi connectivity index (χ4n) is 2.64. The number of fused-ring (bicyclic) bond motifs is 1. The van der Waals surface area contributed by atoms with Crippen molar-refractivity contribution in [3.05, 3.63) is 0 Å². The largest absolute Gasteiger partial charge is 0.310 e. The van der Waals surface area contributed by atoms with Crippen LogP contribution < -0.4 is 5.32 Å². The molecule has 2 saturated heterocycles. The first kappa shape index (κ1) is 8.52. The van der Waals surface area contributed by atoms with E-state index in [2.05, 4.69) is 31.0 Å². The summed E-state index contributed by atoms with van der Waals surface area (Å²) >= 11 is 0. The molecule has 70 valence electrons. The van der Waals surface area contributed by atoms with Gasteiger partial charge >= 0.3 is 0 Å². The summed E-state index contributed by atoms with van der Waals surface area (Å²) < 4.78 is 0. The van der Waals surface area contributed by atoms with Crippen LogP contribution in [0.5, 0.6) is 0 Å². The third-order valence-electron chi connectivity index (χ3n) is 3.64. The molecular weight excluding hydrogens is 148 g/mol. The Labute approximate surface area is 75.3 Å². The summed E-state index contributed by atoms with van der Waals surface area (Å²) in [6, 6.07) is 0.717. The second-order valence-electron chi connectivity index (χ2n) is 4.85. The fourth-order valence-corrected chi connectivity index (χ4v) is 2.64. The van der Waals surface area contributed by atoms with Gasteiger partial charge in [0.25, 0.3) is 0 Å². The zero-order valence-corrected chi connectivity index (χ0v) is 8.43. The molecule has 2 heterocycles. The third kappa shape index (κ3) is 1.17. The molecule has 2 aliphatic heterocycles. The summed E-state index contributed by atoms with van der Waals surface area (Å²) in [6.45, 7) is 10.8. The first-order chi connectivity index (χ1) is 5.62. The van der Waals surface area contributed by atoms with Crippen LogP contribution >= 0.6 is 0 Å². The monoisotopic (exact) mass is 168 g/mol. The molecule has 0 aromatic heterocycles. The lowest BCUT2D eigenvalue weighted by molar-refractivity contribution is 0.246. The third-order valence-corrected chi connectivity index (χ3v) is 3.64. The van der Waals surface area contributed by atoms with E-state index in [1.807, 2.05) is 0 Å². The molecule has 2 atom stereocenters. The van der Waals surface area contributed by atoms with E-state index in [1.54, 1.807) is 0 Å². The van der Waals surface area contributed by atoms with Gasteiger partial charge in [-0.1, -0.05) is 0 Å². The quantitative estimate of drug-likeness (QED) is 0.630. The number of nitrogens with zero attached hydrogens (tertiary/aromatic N) is 1. The van der Waals surface area contributed by atoms with E-state index in [1.165, 1.54) is 26.1 Å². The second-order valence-corrected chi connectivity index (χ2v) is 4.85. The number of hydrogen-bond acceptors (Lipinski definition) is 2. The average Bonchev–Trinajstić information content (AvgIpc) is 2.41.